The van der Waals surface area contributed by atoms with Crippen LogP contribution in [0.2, 0.25) is 0 Å². The summed E-state index contributed by atoms with van der Waals surface area (Å²) in [6, 6.07) is 0.166. The Morgan fingerprint density at radius 2 is 1.86 bits per heavy atom. The molecule has 2 fully saturated rings. The predicted octanol–water partition coefficient (Wildman–Crippen LogP) is 1.80. The van der Waals surface area contributed by atoms with Crippen molar-refractivity contribution in [3.05, 3.63) is 0 Å². The summed E-state index contributed by atoms with van der Waals surface area (Å²) in [5, 5.41) is 0. The van der Waals surface area contributed by atoms with Crippen molar-refractivity contribution in [1.82, 2.24) is 9.80 Å². The van der Waals surface area contributed by atoms with Gasteiger partial charge in [0.05, 0.1) is 13.7 Å². The van der Waals surface area contributed by atoms with Gasteiger partial charge in [0.25, 0.3) is 0 Å². The molecule has 1 aliphatic heterocycles. The highest BCUT2D eigenvalue weighted by Crippen LogP contribution is 2.24. The molecule has 1 amide bonds. The summed E-state index contributed by atoms with van der Waals surface area (Å²) in [5.74, 6) is -0.0405. The van der Waals surface area contributed by atoms with Crippen LogP contribution in [0.4, 0.5) is 0 Å². The molecule has 21 heavy (non-hydrogen) atoms. The molecule has 1 heterocycles. The van der Waals surface area contributed by atoms with Crippen molar-refractivity contribution in [3.63, 3.8) is 0 Å². The van der Waals surface area contributed by atoms with Crippen LogP contribution in [0.15, 0.2) is 0 Å². The van der Waals surface area contributed by atoms with Gasteiger partial charge in [0.1, 0.15) is 6.04 Å². The molecule has 120 valence electrons. The van der Waals surface area contributed by atoms with Gasteiger partial charge in [0, 0.05) is 12.6 Å². The largest absolute Gasteiger partial charge is 0.468 e. The van der Waals surface area contributed by atoms with E-state index in [0.29, 0.717) is 12.6 Å². The van der Waals surface area contributed by atoms with E-state index in [1.54, 1.807) is 0 Å². The zero-order valence-electron chi connectivity index (χ0n) is 13.3. The van der Waals surface area contributed by atoms with Gasteiger partial charge in [0.15, 0.2) is 0 Å². The lowest BCUT2D eigenvalue weighted by Gasteiger charge is -2.35. The Labute approximate surface area is 127 Å². The average molecular weight is 296 g/mol. The Morgan fingerprint density at radius 3 is 2.48 bits per heavy atom. The van der Waals surface area contributed by atoms with E-state index in [1.165, 1.54) is 26.4 Å². The number of carbonyl (C=O) groups is 2. The molecular formula is C16H28N2O3. The summed E-state index contributed by atoms with van der Waals surface area (Å²) in [6.07, 6.45) is 7.75. The van der Waals surface area contributed by atoms with Crippen LogP contribution in [0.5, 0.6) is 0 Å². The number of esters is 1. The van der Waals surface area contributed by atoms with Crippen LogP contribution in [0.25, 0.3) is 0 Å². The third-order valence-corrected chi connectivity index (χ3v) is 4.85. The molecule has 1 saturated carbocycles. The van der Waals surface area contributed by atoms with Crippen molar-refractivity contribution in [2.45, 2.75) is 64.0 Å². The zero-order chi connectivity index (χ0) is 15.2. The molecule has 1 atom stereocenters. The van der Waals surface area contributed by atoms with Crippen LogP contribution in [0.3, 0.4) is 0 Å². The molecule has 1 saturated heterocycles. The first-order valence-electron chi connectivity index (χ1n) is 8.28. The molecule has 0 spiro atoms. The lowest BCUT2D eigenvalue weighted by molar-refractivity contribution is -0.147. The Kier molecular flexibility index (Phi) is 6.03. The van der Waals surface area contributed by atoms with Gasteiger partial charge in [-0.1, -0.05) is 19.3 Å². The maximum atomic E-state index is 12.6. The Morgan fingerprint density at radius 1 is 1.14 bits per heavy atom. The molecule has 0 aromatic rings. The molecule has 2 aliphatic rings. The Hall–Kier alpha value is -1.10. The van der Waals surface area contributed by atoms with Crippen molar-refractivity contribution in [1.29, 1.82) is 0 Å². The summed E-state index contributed by atoms with van der Waals surface area (Å²) in [4.78, 5) is 28.4. The summed E-state index contributed by atoms with van der Waals surface area (Å²) in [5.41, 5.74) is 0. The van der Waals surface area contributed by atoms with Gasteiger partial charge in [-0.2, -0.15) is 0 Å². The molecule has 0 aromatic carbocycles. The molecule has 5 heteroatoms. The third-order valence-electron chi connectivity index (χ3n) is 4.85. The molecule has 0 radical (unpaired) electrons. The monoisotopic (exact) mass is 296 g/mol. The van der Waals surface area contributed by atoms with Crippen molar-refractivity contribution < 1.29 is 14.3 Å². The zero-order valence-corrected chi connectivity index (χ0v) is 13.3. The Balaban J connectivity index is 1.93. The molecule has 0 N–H and O–H groups in total. The predicted molar refractivity (Wildman–Crippen MR) is 80.9 cm³/mol. The van der Waals surface area contributed by atoms with E-state index in [1.807, 2.05) is 16.7 Å². The maximum absolute atomic E-state index is 12.6. The Bertz CT molecular complexity index is 367. The number of rotatable bonds is 5. The molecule has 5 nitrogen and oxygen atoms in total. The molecule has 1 unspecified atom stereocenters. The lowest BCUT2D eigenvalue weighted by atomic mass is 9.94. The summed E-state index contributed by atoms with van der Waals surface area (Å²) >= 11 is 0. The minimum atomic E-state index is -0.232. The highest BCUT2D eigenvalue weighted by atomic mass is 16.5. The number of nitrogens with zero attached hydrogens (tertiary/aromatic N) is 2. The van der Waals surface area contributed by atoms with Crippen LogP contribution >= 0.6 is 0 Å². The fourth-order valence-corrected chi connectivity index (χ4v) is 3.71. The molecule has 0 aromatic heterocycles. The van der Waals surface area contributed by atoms with E-state index in [9.17, 15) is 9.59 Å². The molecule has 1 aliphatic carbocycles. The van der Waals surface area contributed by atoms with Crippen LogP contribution in [0, 0.1) is 0 Å². The molecule has 2 rings (SSSR count). The van der Waals surface area contributed by atoms with Crippen LogP contribution in [-0.2, 0) is 14.3 Å². The van der Waals surface area contributed by atoms with Gasteiger partial charge in [-0.25, -0.2) is 0 Å². The van der Waals surface area contributed by atoms with Gasteiger partial charge >= 0.3 is 5.97 Å². The van der Waals surface area contributed by atoms with Gasteiger partial charge in [-0.15, -0.1) is 0 Å². The highest BCUT2D eigenvalue weighted by Gasteiger charge is 2.34. The number of likely N-dealkylation sites (tertiary alicyclic amines) is 1. The van der Waals surface area contributed by atoms with E-state index >= 15 is 0 Å². The number of likely N-dealkylation sites (N-methyl/N-ethyl adjacent to an activating group) is 1. The number of methoxy groups -OCH3 is 1. The average Bonchev–Trinajstić information content (AvgIpc) is 2.96. The van der Waals surface area contributed by atoms with E-state index < -0.39 is 0 Å². The maximum Gasteiger partial charge on any atom is 0.323 e. The van der Waals surface area contributed by atoms with E-state index in [0.717, 1.165) is 38.8 Å². The second kappa shape index (κ2) is 7.78. The molecular weight excluding hydrogens is 268 g/mol. The second-order valence-corrected chi connectivity index (χ2v) is 6.12. The number of carbonyl (C=O) groups excluding carboxylic acids is 2. The van der Waals surface area contributed by atoms with E-state index in [-0.39, 0.29) is 17.9 Å². The van der Waals surface area contributed by atoms with Crippen molar-refractivity contribution >= 4 is 11.9 Å². The summed E-state index contributed by atoms with van der Waals surface area (Å²) in [6.45, 7) is 3.98. The smallest absolute Gasteiger partial charge is 0.323 e. The highest BCUT2D eigenvalue weighted by molar-refractivity contribution is 5.81. The normalized spacial score (nSPS) is 24.0. The summed E-state index contributed by atoms with van der Waals surface area (Å²) in [7, 11) is 1.42. The SMILES string of the molecule is CCN(C(=O)CN1CCCC1C(=O)OC)C1CCCCC1. The number of hydrogen-bond donors (Lipinski definition) is 0. The standard InChI is InChI=1S/C16H28N2O3/c1-3-18(13-8-5-4-6-9-13)15(19)12-17-11-7-10-14(17)16(20)21-2/h13-14H,3-12H2,1-2H3. The third kappa shape index (κ3) is 3.96. The minimum absolute atomic E-state index is 0.167. The van der Waals surface area contributed by atoms with Crippen molar-refractivity contribution in [2.75, 3.05) is 26.7 Å². The van der Waals surface area contributed by atoms with Crippen molar-refractivity contribution in [3.8, 4) is 0 Å². The number of ether oxygens (including phenoxy) is 1. The topological polar surface area (TPSA) is 49.9 Å². The first-order valence-corrected chi connectivity index (χ1v) is 8.28. The van der Waals surface area contributed by atoms with E-state index in [4.69, 9.17) is 4.74 Å². The lowest BCUT2D eigenvalue weighted by Crippen LogP contribution is -2.48. The fraction of sp³-hybridized carbons (Fsp3) is 0.875. The van der Waals surface area contributed by atoms with E-state index in [2.05, 4.69) is 0 Å². The minimum Gasteiger partial charge on any atom is -0.468 e. The van der Waals surface area contributed by atoms with Gasteiger partial charge in [-0.05, 0) is 39.2 Å². The first-order chi connectivity index (χ1) is 10.2. The van der Waals surface area contributed by atoms with Crippen LogP contribution in [-0.4, -0.2) is 60.5 Å². The van der Waals surface area contributed by atoms with Gasteiger partial charge in [0.2, 0.25) is 5.91 Å². The quantitative estimate of drug-likeness (QED) is 0.726. The number of amides is 1. The first kappa shape index (κ1) is 16.3. The van der Waals surface area contributed by atoms with Crippen LogP contribution in [0.1, 0.15) is 51.9 Å². The van der Waals surface area contributed by atoms with Crippen LogP contribution < -0.4 is 0 Å². The second-order valence-electron chi connectivity index (χ2n) is 6.12. The molecule has 0 bridgehead atoms. The number of hydrogen-bond acceptors (Lipinski definition) is 4. The van der Waals surface area contributed by atoms with Gasteiger partial charge in [-0.3, -0.25) is 14.5 Å². The van der Waals surface area contributed by atoms with Gasteiger partial charge < -0.3 is 9.64 Å². The van der Waals surface area contributed by atoms with Crippen molar-refractivity contribution in [2.24, 2.45) is 0 Å². The fourth-order valence-electron chi connectivity index (χ4n) is 3.71. The summed E-state index contributed by atoms with van der Waals surface area (Å²) < 4.78 is 4.84.